The number of aromatic carboxylic acids is 1. The van der Waals surface area contributed by atoms with Gasteiger partial charge < -0.3 is 14.6 Å². The van der Waals surface area contributed by atoms with E-state index in [1.54, 1.807) is 12.1 Å². The van der Waals surface area contributed by atoms with E-state index in [0.717, 1.165) is 52.3 Å². The molecule has 4 heteroatoms. The molecule has 0 aliphatic rings. The van der Waals surface area contributed by atoms with E-state index in [4.69, 9.17) is 9.47 Å². The van der Waals surface area contributed by atoms with Crippen LogP contribution >= 0.6 is 0 Å². The van der Waals surface area contributed by atoms with E-state index in [2.05, 4.69) is 26.0 Å². The zero-order valence-corrected chi connectivity index (χ0v) is 23.0. The highest BCUT2D eigenvalue weighted by Gasteiger charge is 2.18. The van der Waals surface area contributed by atoms with Gasteiger partial charge in [0.1, 0.15) is 11.5 Å². The van der Waals surface area contributed by atoms with Gasteiger partial charge in [0.2, 0.25) is 0 Å². The molecule has 0 aliphatic heterocycles. The summed E-state index contributed by atoms with van der Waals surface area (Å²) in [6.45, 7) is 5.77. The van der Waals surface area contributed by atoms with Crippen LogP contribution in [0.15, 0.2) is 42.5 Å². The molecule has 0 saturated heterocycles. The molecule has 1 N–H and O–H groups in total. The molecular weight excluding hydrogens is 460 g/mol. The Kier molecular flexibility index (Phi) is 12.6. The molecule has 0 unspecified atom stereocenters. The summed E-state index contributed by atoms with van der Waals surface area (Å²) in [6.07, 6.45) is 17.2. The van der Waals surface area contributed by atoms with Crippen molar-refractivity contribution in [2.75, 3.05) is 13.2 Å². The normalized spacial score (nSPS) is 11.3. The van der Waals surface area contributed by atoms with Crippen molar-refractivity contribution in [1.82, 2.24) is 0 Å². The van der Waals surface area contributed by atoms with Crippen molar-refractivity contribution in [3.63, 3.8) is 0 Å². The van der Waals surface area contributed by atoms with Gasteiger partial charge in [0.25, 0.3) is 0 Å². The zero-order valence-electron chi connectivity index (χ0n) is 23.0. The topological polar surface area (TPSA) is 55.8 Å². The molecule has 0 heterocycles. The molecule has 3 aromatic rings. The van der Waals surface area contributed by atoms with E-state index >= 15 is 0 Å². The van der Waals surface area contributed by atoms with Crippen molar-refractivity contribution in [1.29, 1.82) is 0 Å². The largest absolute Gasteiger partial charge is 0.492 e. The fourth-order valence-electron chi connectivity index (χ4n) is 5.01. The Balaban J connectivity index is 1.77. The summed E-state index contributed by atoms with van der Waals surface area (Å²) in [5, 5.41) is 13.4. The van der Waals surface area contributed by atoms with Gasteiger partial charge in [-0.05, 0) is 31.0 Å². The highest BCUT2D eigenvalue weighted by atomic mass is 16.5. The average Bonchev–Trinajstić information content (AvgIpc) is 2.91. The van der Waals surface area contributed by atoms with Gasteiger partial charge >= 0.3 is 5.97 Å². The lowest BCUT2D eigenvalue weighted by molar-refractivity contribution is 0.0697. The SMILES string of the molecule is CCCCCCCCCOc1c2ccccc2c(OCCCCCCCCC)c2cc(C(=O)O)ccc12. The first-order valence-electron chi connectivity index (χ1n) is 14.6. The predicted molar refractivity (Wildman–Crippen MR) is 155 cm³/mol. The third-order valence-electron chi connectivity index (χ3n) is 7.16. The average molecular weight is 507 g/mol. The Morgan fingerprint density at radius 1 is 0.595 bits per heavy atom. The van der Waals surface area contributed by atoms with Gasteiger partial charge in [0.05, 0.1) is 18.8 Å². The zero-order chi connectivity index (χ0) is 26.3. The minimum atomic E-state index is -0.932. The van der Waals surface area contributed by atoms with Gasteiger partial charge in [0, 0.05) is 21.5 Å². The lowest BCUT2D eigenvalue weighted by Gasteiger charge is -2.18. The molecule has 0 bridgehead atoms. The number of carboxylic acid groups (broad SMARTS) is 1. The first-order valence-corrected chi connectivity index (χ1v) is 14.6. The Bertz CT molecular complexity index is 1100. The quantitative estimate of drug-likeness (QED) is 0.130. The fourth-order valence-corrected chi connectivity index (χ4v) is 5.01. The van der Waals surface area contributed by atoms with Gasteiger partial charge in [-0.1, -0.05) is 115 Å². The maximum atomic E-state index is 11.8. The number of rotatable bonds is 19. The molecule has 0 atom stereocenters. The lowest BCUT2D eigenvalue weighted by atomic mass is 9.98. The number of hydrogen-bond acceptors (Lipinski definition) is 3. The Labute approximate surface area is 223 Å². The second-order valence-electron chi connectivity index (χ2n) is 10.2. The van der Waals surface area contributed by atoms with Crippen LogP contribution in [0.2, 0.25) is 0 Å². The highest BCUT2D eigenvalue weighted by Crippen LogP contribution is 2.43. The van der Waals surface area contributed by atoms with Crippen LogP contribution in [-0.4, -0.2) is 24.3 Å². The van der Waals surface area contributed by atoms with Crippen molar-refractivity contribution in [3.05, 3.63) is 48.0 Å². The Hall–Kier alpha value is -2.75. The molecule has 0 saturated carbocycles. The number of benzene rings is 3. The third-order valence-corrected chi connectivity index (χ3v) is 7.16. The van der Waals surface area contributed by atoms with Crippen LogP contribution in [0.25, 0.3) is 21.5 Å². The molecule has 4 nitrogen and oxygen atoms in total. The second-order valence-corrected chi connectivity index (χ2v) is 10.2. The van der Waals surface area contributed by atoms with Gasteiger partial charge in [-0.25, -0.2) is 4.79 Å². The smallest absolute Gasteiger partial charge is 0.335 e. The number of unbranched alkanes of at least 4 members (excludes halogenated alkanes) is 12. The summed E-state index contributed by atoms with van der Waals surface area (Å²) in [4.78, 5) is 11.8. The fraction of sp³-hybridized carbons (Fsp3) is 0.545. The maximum absolute atomic E-state index is 11.8. The molecule has 0 spiro atoms. The second kappa shape index (κ2) is 16.2. The Morgan fingerprint density at radius 3 is 1.51 bits per heavy atom. The van der Waals surface area contributed by atoms with E-state index < -0.39 is 5.97 Å². The number of ether oxygens (including phenoxy) is 2. The van der Waals surface area contributed by atoms with Crippen LogP contribution in [-0.2, 0) is 0 Å². The van der Waals surface area contributed by atoms with Crippen molar-refractivity contribution in [2.45, 2.75) is 104 Å². The number of fused-ring (bicyclic) bond motifs is 2. The predicted octanol–water partition coefficient (Wildman–Crippen LogP) is 9.95. The molecule has 0 amide bonds. The molecule has 0 aromatic heterocycles. The highest BCUT2D eigenvalue weighted by molar-refractivity contribution is 6.12. The minimum Gasteiger partial charge on any atom is -0.492 e. The van der Waals surface area contributed by atoms with Crippen molar-refractivity contribution < 1.29 is 19.4 Å². The van der Waals surface area contributed by atoms with E-state index in [1.807, 2.05) is 18.2 Å². The van der Waals surface area contributed by atoms with Gasteiger partial charge in [0.15, 0.2) is 0 Å². The van der Waals surface area contributed by atoms with E-state index in [1.165, 1.54) is 70.6 Å². The summed E-state index contributed by atoms with van der Waals surface area (Å²) < 4.78 is 12.8. The third kappa shape index (κ3) is 8.66. The minimum absolute atomic E-state index is 0.265. The first-order chi connectivity index (χ1) is 18.2. The van der Waals surface area contributed by atoms with Crippen LogP contribution in [0.3, 0.4) is 0 Å². The summed E-state index contributed by atoms with van der Waals surface area (Å²) in [6, 6.07) is 13.5. The molecule has 3 aromatic carbocycles. The van der Waals surface area contributed by atoms with Gasteiger partial charge in [-0.15, -0.1) is 0 Å². The molecule has 0 aliphatic carbocycles. The van der Waals surface area contributed by atoms with Crippen LogP contribution < -0.4 is 9.47 Å². The van der Waals surface area contributed by atoms with E-state index in [0.29, 0.717) is 13.2 Å². The molecular formula is C33H46O4. The van der Waals surface area contributed by atoms with Crippen LogP contribution in [0.5, 0.6) is 11.5 Å². The first kappa shape index (κ1) is 28.8. The molecule has 0 radical (unpaired) electrons. The van der Waals surface area contributed by atoms with E-state index in [9.17, 15) is 9.90 Å². The monoisotopic (exact) mass is 506 g/mol. The number of carboxylic acids is 1. The summed E-state index contributed by atoms with van der Waals surface area (Å²) in [5.41, 5.74) is 0.265. The van der Waals surface area contributed by atoms with Crippen molar-refractivity contribution in [3.8, 4) is 11.5 Å². The van der Waals surface area contributed by atoms with Gasteiger partial charge in [-0.3, -0.25) is 0 Å². The summed E-state index contributed by atoms with van der Waals surface area (Å²) in [7, 11) is 0. The van der Waals surface area contributed by atoms with Gasteiger partial charge in [-0.2, -0.15) is 0 Å². The van der Waals surface area contributed by atoms with Crippen molar-refractivity contribution >= 4 is 27.5 Å². The maximum Gasteiger partial charge on any atom is 0.335 e. The number of carbonyl (C=O) groups is 1. The van der Waals surface area contributed by atoms with Crippen LogP contribution in [0, 0.1) is 0 Å². The summed E-state index contributed by atoms with van der Waals surface area (Å²) >= 11 is 0. The molecule has 202 valence electrons. The lowest BCUT2D eigenvalue weighted by Crippen LogP contribution is -2.03. The van der Waals surface area contributed by atoms with E-state index in [-0.39, 0.29) is 5.56 Å². The van der Waals surface area contributed by atoms with Crippen LogP contribution in [0.4, 0.5) is 0 Å². The van der Waals surface area contributed by atoms with Crippen molar-refractivity contribution in [2.24, 2.45) is 0 Å². The molecule has 3 rings (SSSR count). The Morgan fingerprint density at radius 2 is 1.03 bits per heavy atom. The molecule has 37 heavy (non-hydrogen) atoms. The standard InChI is InChI=1S/C33H46O4/c1-3-5-7-9-11-13-17-23-36-31-27-19-15-16-20-28(27)32(37-24-18-14-12-10-8-6-4-2)30-25-26(33(34)35)21-22-29(30)31/h15-16,19-22,25H,3-14,17-18,23-24H2,1-2H3,(H,34,35). The number of hydrogen-bond donors (Lipinski definition) is 1. The van der Waals surface area contributed by atoms with Crippen LogP contribution in [0.1, 0.15) is 114 Å². The molecule has 0 fully saturated rings. The summed E-state index contributed by atoms with van der Waals surface area (Å²) in [5.74, 6) is 0.665.